The molecule has 0 amide bonds. The van der Waals surface area contributed by atoms with Crippen LogP contribution in [0.5, 0.6) is 0 Å². The molecule has 0 unspecified atom stereocenters. The van der Waals surface area contributed by atoms with Gasteiger partial charge in [0.15, 0.2) is 5.69 Å². The summed E-state index contributed by atoms with van der Waals surface area (Å²) in [6, 6.07) is 7.98. The number of benzene rings is 1. The molecule has 0 saturated heterocycles. The zero-order chi connectivity index (χ0) is 13.8. The topological polar surface area (TPSA) is 69.2 Å². The van der Waals surface area contributed by atoms with E-state index in [1.54, 1.807) is 19.1 Å². The van der Waals surface area contributed by atoms with Crippen molar-refractivity contribution in [3.05, 3.63) is 57.0 Å². The highest BCUT2D eigenvalue weighted by molar-refractivity contribution is 5.71. The van der Waals surface area contributed by atoms with Gasteiger partial charge in [-0.1, -0.05) is 42.4 Å². The van der Waals surface area contributed by atoms with Crippen LogP contribution in [0.2, 0.25) is 0 Å². The van der Waals surface area contributed by atoms with E-state index in [1.807, 2.05) is 24.3 Å². The highest BCUT2D eigenvalue weighted by atomic mass is 16.6. The minimum atomic E-state index is -0.480. The fourth-order valence-electron chi connectivity index (χ4n) is 1.75. The van der Waals surface area contributed by atoms with Crippen LogP contribution >= 0.6 is 0 Å². The maximum atomic E-state index is 10.9. The minimum Gasteiger partial charge on any atom is -0.349 e. The molecular weight excluding hydrogens is 244 g/mol. The van der Waals surface area contributed by atoms with Crippen molar-refractivity contribution < 1.29 is 9.45 Å². The third kappa shape index (κ3) is 2.88. The summed E-state index contributed by atoms with van der Waals surface area (Å²) >= 11 is 0. The van der Waals surface area contributed by atoms with Crippen LogP contribution in [0.4, 0.5) is 5.69 Å². The largest absolute Gasteiger partial charge is 0.349 e. The molecule has 2 aromatic rings. The van der Waals surface area contributed by atoms with E-state index in [0.29, 0.717) is 0 Å². The summed E-state index contributed by atoms with van der Waals surface area (Å²) in [4.78, 5) is 10.4. The Morgan fingerprint density at radius 2 is 2.00 bits per heavy atom. The molecule has 98 valence electrons. The number of nitro groups is 1. The number of nitrogens with zero attached hydrogens (tertiary/aromatic N) is 2. The summed E-state index contributed by atoms with van der Waals surface area (Å²) in [5.74, 6) is 0.169. The Bertz CT molecular complexity index is 612. The lowest BCUT2D eigenvalue weighted by atomic mass is 10.1. The van der Waals surface area contributed by atoms with Crippen molar-refractivity contribution in [3.63, 3.8) is 0 Å². The molecule has 19 heavy (non-hydrogen) atoms. The first kappa shape index (κ1) is 13.0. The van der Waals surface area contributed by atoms with Gasteiger partial charge in [-0.3, -0.25) is 10.1 Å². The number of rotatable bonds is 4. The quantitative estimate of drug-likeness (QED) is 0.620. The molecule has 1 heterocycles. The third-order valence-electron chi connectivity index (χ3n) is 2.85. The minimum absolute atomic E-state index is 0.0820. The molecule has 0 aliphatic heterocycles. The van der Waals surface area contributed by atoms with Crippen molar-refractivity contribution in [2.24, 2.45) is 0 Å². The zero-order valence-corrected chi connectivity index (χ0v) is 10.8. The molecular formula is C14H14N2O3. The van der Waals surface area contributed by atoms with E-state index < -0.39 is 4.92 Å². The average molecular weight is 258 g/mol. The van der Waals surface area contributed by atoms with E-state index >= 15 is 0 Å². The van der Waals surface area contributed by atoms with Crippen LogP contribution in [-0.4, -0.2) is 10.1 Å². The van der Waals surface area contributed by atoms with Crippen LogP contribution in [0.25, 0.3) is 12.2 Å². The summed E-state index contributed by atoms with van der Waals surface area (Å²) in [6.07, 6.45) is 4.32. The second kappa shape index (κ2) is 5.48. The molecule has 0 fully saturated rings. The zero-order valence-electron chi connectivity index (χ0n) is 10.8. The SMILES string of the molecule is CCc1ccc(/C=C/c2onc(C)c2[N+](=O)[O-])cc1. The van der Waals surface area contributed by atoms with Gasteiger partial charge in [0.1, 0.15) is 0 Å². The van der Waals surface area contributed by atoms with Gasteiger partial charge in [0, 0.05) is 0 Å². The Kier molecular flexibility index (Phi) is 3.75. The Morgan fingerprint density at radius 3 is 2.58 bits per heavy atom. The Hall–Kier alpha value is -2.43. The molecule has 0 bridgehead atoms. The lowest BCUT2D eigenvalue weighted by Crippen LogP contribution is -1.90. The van der Waals surface area contributed by atoms with Crippen LogP contribution in [-0.2, 0) is 6.42 Å². The molecule has 5 heteroatoms. The van der Waals surface area contributed by atoms with Crippen LogP contribution in [0.3, 0.4) is 0 Å². The summed E-state index contributed by atoms with van der Waals surface area (Å²) in [7, 11) is 0. The first-order valence-electron chi connectivity index (χ1n) is 5.99. The summed E-state index contributed by atoms with van der Waals surface area (Å²) in [6.45, 7) is 3.64. The van der Waals surface area contributed by atoms with Crippen molar-refractivity contribution in [2.45, 2.75) is 20.3 Å². The fraction of sp³-hybridized carbons (Fsp3) is 0.214. The monoisotopic (exact) mass is 258 g/mol. The average Bonchev–Trinajstić information content (AvgIpc) is 2.78. The summed E-state index contributed by atoms with van der Waals surface area (Å²) in [5.41, 5.74) is 2.41. The molecule has 0 saturated carbocycles. The van der Waals surface area contributed by atoms with Crippen molar-refractivity contribution in [2.75, 3.05) is 0 Å². The van der Waals surface area contributed by atoms with Gasteiger partial charge in [0.25, 0.3) is 0 Å². The van der Waals surface area contributed by atoms with Crippen molar-refractivity contribution in [1.82, 2.24) is 5.16 Å². The Balaban J connectivity index is 2.24. The molecule has 1 aromatic carbocycles. The molecule has 2 rings (SSSR count). The van der Waals surface area contributed by atoms with Crippen molar-refractivity contribution in [1.29, 1.82) is 0 Å². The molecule has 0 atom stereocenters. The van der Waals surface area contributed by atoms with E-state index in [1.165, 1.54) is 5.56 Å². The molecule has 5 nitrogen and oxygen atoms in total. The number of hydrogen-bond acceptors (Lipinski definition) is 4. The molecule has 0 radical (unpaired) electrons. The van der Waals surface area contributed by atoms with Gasteiger partial charge in [0.2, 0.25) is 5.76 Å². The van der Waals surface area contributed by atoms with Crippen molar-refractivity contribution in [3.8, 4) is 0 Å². The maximum Gasteiger partial charge on any atom is 0.338 e. The van der Waals surface area contributed by atoms with Crippen molar-refractivity contribution >= 4 is 17.8 Å². The second-order valence-corrected chi connectivity index (χ2v) is 4.17. The first-order valence-corrected chi connectivity index (χ1v) is 5.99. The molecule has 0 aliphatic rings. The summed E-state index contributed by atoms with van der Waals surface area (Å²) in [5, 5.41) is 14.5. The van der Waals surface area contributed by atoms with Gasteiger partial charge in [-0.15, -0.1) is 0 Å². The van der Waals surface area contributed by atoms with E-state index in [0.717, 1.165) is 12.0 Å². The fourth-order valence-corrected chi connectivity index (χ4v) is 1.75. The van der Waals surface area contributed by atoms with Crippen LogP contribution in [0, 0.1) is 17.0 Å². The number of aromatic nitrogens is 1. The van der Waals surface area contributed by atoms with E-state index in [-0.39, 0.29) is 17.1 Å². The van der Waals surface area contributed by atoms with Crippen LogP contribution in [0.15, 0.2) is 28.8 Å². The second-order valence-electron chi connectivity index (χ2n) is 4.17. The first-order chi connectivity index (χ1) is 9.11. The van der Waals surface area contributed by atoms with Gasteiger partial charge < -0.3 is 4.52 Å². The van der Waals surface area contributed by atoms with E-state index in [2.05, 4.69) is 12.1 Å². The third-order valence-corrected chi connectivity index (χ3v) is 2.85. The number of aryl methyl sites for hydroxylation is 2. The van der Waals surface area contributed by atoms with Crippen LogP contribution in [0.1, 0.15) is 29.5 Å². The van der Waals surface area contributed by atoms with Gasteiger partial charge in [-0.05, 0) is 30.5 Å². The lowest BCUT2D eigenvalue weighted by Gasteiger charge is -1.96. The summed E-state index contributed by atoms with van der Waals surface area (Å²) < 4.78 is 4.94. The normalized spacial score (nSPS) is 11.1. The maximum absolute atomic E-state index is 10.9. The molecule has 0 spiro atoms. The Morgan fingerprint density at radius 1 is 1.32 bits per heavy atom. The van der Waals surface area contributed by atoms with Gasteiger partial charge in [-0.2, -0.15) is 0 Å². The van der Waals surface area contributed by atoms with Gasteiger partial charge >= 0.3 is 5.69 Å². The Labute approximate surface area is 110 Å². The number of hydrogen-bond donors (Lipinski definition) is 0. The molecule has 1 aromatic heterocycles. The molecule has 0 N–H and O–H groups in total. The predicted molar refractivity (Wildman–Crippen MR) is 72.6 cm³/mol. The van der Waals surface area contributed by atoms with Gasteiger partial charge in [-0.25, -0.2) is 0 Å². The highest BCUT2D eigenvalue weighted by Gasteiger charge is 2.21. The van der Waals surface area contributed by atoms with E-state index in [4.69, 9.17) is 4.52 Å². The lowest BCUT2D eigenvalue weighted by molar-refractivity contribution is -0.386. The van der Waals surface area contributed by atoms with Crippen LogP contribution < -0.4 is 0 Å². The van der Waals surface area contributed by atoms with Gasteiger partial charge in [0.05, 0.1) is 4.92 Å². The van der Waals surface area contributed by atoms with E-state index in [9.17, 15) is 10.1 Å². The smallest absolute Gasteiger partial charge is 0.338 e. The highest BCUT2D eigenvalue weighted by Crippen LogP contribution is 2.24. The predicted octanol–water partition coefficient (Wildman–Crippen LogP) is 3.62. The standard InChI is InChI=1S/C14H14N2O3/c1-3-11-4-6-12(7-5-11)8-9-13-14(16(17)18)10(2)15-19-13/h4-9H,3H2,1-2H3/b9-8+. The molecule has 0 aliphatic carbocycles.